The molecule has 0 atom stereocenters. The first-order chi connectivity index (χ1) is 8.97. The second kappa shape index (κ2) is 5.49. The predicted molar refractivity (Wildman–Crippen MR) is 77.4 cm³/mol. The third-order valence-electron chi connectivity index (χ3n) is 3.69. The van der Waals surface area contributed by atoms with Crippen LogP contribution in [0.5, 0.6) is 0 Å². The molecular formula is C14H18BrFN2O. The Morgan fingerprint density at radius 1 is 1.53 bits per heavy atom. The van der Waals surface area contributed by atoms with Crippen molar-refractivity contribution >= 4 is 27.5 Å². The molecule has 0 saturated heterocycles. The van der Waals surface area contributed by atoms with E-state index in [1.165, 1.54) is 25.0 Å². The molecule has 2 rings (SSSR count). The van der Waals surface area contributed by atoms with Crippen molar-refractivity contribution in [3.8, 4) is 0 Å². The molecule has 0 spiro atoms. The molecule has 19 heavy (non-hydrogen) atoms. The molecule has 1 aromatic carbocycles. The van der Waals surface area contributed by atoms with Gasteiger partial charge in [-0.25, -0.2) is 4.39 Å². The van der Waals surface area contributed by atoms with Crippen LogP contribution < -0.4 is 11.1 Å². The number of halogens is 2. The molecule has 3 N–H and O–H groups in total. The second-order valence-corrected chi connectivity index (χ2v) is 6.14. The Kier molecular flexibility index (Phi) is 4.13. The zero-order valence-corrected chi connectivity index (χ0v) is 12.5. The van der Waals surface area contributed by atoms with E-state index < -0.39 is 5.82 Å². The van der Waals surface area contributed by atoms with E-state index in [1.54, 1.807) is 0 Å². The lowest BCUT2D eigenvalue weighted by molar-refractivity contribution is 0.0943. The number of hydrogen-bond donors (Lipinski definition) is 2. The van der Waals surface area contributed by atoms with Crippen molar-refractivity contribution in [3.63, 3.8) is 0 Å². The number of anilines is 1. The average molecular weight is 329 g/mol. The maximum absolute atomic E-state index is 13.2. The van der Waals surface area contributed by atoms with Gasteiger partial charge in [0.25, 0.3) is 5.91 Å². The molecule has 0 unspecified atom stereocenters. The zero-order chi connectivity index (χ0) is 14.0. The summed E-state index contributed by atoms with van der Waals surface area (Å²) in [4.78, 5) is 12.1. The fraction of sp³-hybridized carbons (Fsp3) is 0.500. The lowest BCUT2D eigenvalue weighted by Gasteiger charge is -2.15. The van der Waals surface area contributed by atoms with Crippen LogP contribution in [0.2, 0.25) is 0 Å². The summed E-state index contributed by atoms with van der Waals surface area (Å²) >= 11 is 3.19. The van der Waals surface area contributed by atoms with Crippen LogP contribution in [0.1, 0.15) is 43.0 Å². The Bertz CT molecular complexity index is 500. The summed E-state index contributed by atoms with van der Waals surface area (Å²) in [5.41, 5.74) is 6.16. The molecule has 0 aromatic heterocycles. The fourth-order valence-corrected chi connectivity index (χ4v) is 2.82. The summed E-state index contributed by atoms with van der Waals surface area (Å²) in [6.45, 7) is 2.84. The van der Waals surface area contributed by atoms with Gasteiger partial charge in [0, 0.05) is 11.0 Å². The minimum atomic E-state index is -0.520. The third-order valence-corrected chi connectivity index (χ3v) is 4.35. The molecule has 3 nitrogen and oxygen atoms in total. The molecule has 104 valence electrons. The van der Waals surface area contributed by atoms with Gasteiger partial charge in [-0.05, 0) is 52.7 Å². The number of amides is 1. The van der Waals surface area contributed by atoms with Crippen molar-refractivity contribution in [1.29, 1.82) is 0 Å². The molecule has 1 aromatic rings. The topological polar surface area (TPSA) is 55.1 Å². The number of nitrogens with two attached hydrogens (primary N) is 1. The average Bonchev–Trinajstić information content (AvgIpc) is 3.12. The highest BCUT2D eigenvalue weighted by Crippen LogP contribution is 2.48. The van der Waals surface area contributed by atoms with Crippen LogP contribution >= 0.6 is 15.9 Å². The van der Waals surface area contributed by atoms with E-state index >= 15 is 0 Å². The van der Waals surface area contributed by atoms with Gasteiger partial charge in [-0.3, -0.25) is 4.79 Å². The van der Waals surface area contributed by atoms with E-state index in [4.69, 9.17) is 5.73 Å². The first-order valence-corrected chi connectivity index (χ1v) is 7.29. The number of nitrogen functional groups attached to an aromatic ring is 1. The molecule has 1 aliphatic rings. The Hall–Kier alpha value is -1.10. The van der Waals surface area contributed by atoms with Crippen LogP contribution in [0.4, 0.5) is 10.1 Å². The number of nitrogens with one attached hydrogen (secondary N) is 1. The lowest BCUT2D eigenvalue weighted by atomic mass is 10.0. The smallest absolute Gasteiger partial charge is 0.252 e. The molecule has 0 aliphatic heterocycles. The van der Waals surface area contributed by atoms with Crippen LogP contribution in [0.25, 0.3) is 0 Å². The van der Waals surface area contributed by atoms with Gasteiger partial charge in [0.1, 0.15) is 5.82 Å². The first kappa shape index (κ1) is 14.3. The first-order valence-electron chi connectivity index (χ1n) is 6.50. The van der Waals surface area contributed by atoms with Crippen molar-refractivity contribution in [3.05, 3.63) is 28.0 Å². The van der Waals surface area contributed by atoms with Crippen molar-refractivity contribution in [1.82, 2.24) is 5.32 Å². The molecule has 1 fully saturated rings. The molecule has 0 radical (unpaired) electrons. The van der Waals surface area contributed by atoms with Gasteiger partial charge in [0.05, 0.1) is 11.3 Å². The largest absolute Gasteiger partial charge is 0.396 e. The van der Waals surface area contributed by atoms with Gasteiger partial charge in [0.15, 0.2) is 0 Å². The standard InChI is InChI=1S/C14H18BrFN2O/c1-2-3-14(4-5-14)8-18-13(19)9-6-12(17)11(16)7-10(9)15/h6-7H,2-5,8,17H2,1H3,(H,18,19). The number of carbonyl (C=O) groups is 1. The van der Waals surface area contributed by atoms with Crippen LogP contribution in [-0.2, 0) is 0 Å². The van der Waals surface area contributed by atoms with E-state index in [2.05, 4.69) is 28.2 Å². The normalized spacial score (nSPS) is 16.2. The third kappa shape index (κ3) is 3.26. The Labute approximate surface area is 120 Å². The Balaban J connectivity index is 2.02. The highest BCUT2D eigenvalue weighted by molar-refractivity contribution is 9.10. The quantitative estimate of drug-likeness (QED) is 0.813. The number of carbonyl (C=O) groups excluding carboxylic acids is 1. The molecule has 0 bridgehead atoms. The molecule has 1 amide bonds. The summed E-state index contributed by atoms with van der Waals surface area (Å²) in [5.74, 6) is -0.728. The second-order valence-electron chi connectivity index (χ2n) is 5.29. The maximum atomic E-state index is 13.2. The maximum Gasteiger partial charge on any atom is 0.252 e. The summed E-state index contributed by atoms with van der Waals surface area (Å²) in [6.07, 6.45) is 4.62. The molecule has 5 heteroatoms. The van der Waals surface area contributed by atoms with Crippen molar-refractivity contribution < 1.29 is 9.18 Å². The lowest BCUT2D eigenvalue weighted by Crippen LogP contribution is -2.30. The summed E-state index contributed by atoms with van der Waals surface area (Å²) in [6, 6.07) is 2.59. The van der Waals surface area contributed by atoms with Gasteiger partial charge in [-0.1, -0.05) is 13.3 Å². The molecule has 1 aliphatic carbocycles. The van der Waals surface area contributed by atoms with E-state index in [0.717, 1.165) is 12.8 Å². The van der Waals surface area contributed by atoms with E-state index in [9.17, 15) is 9.18 Å². The molecule has 1 saturated carbocycles. The van der Waals surface area contributed by atoms with Gasteiger partial charge >= 0.3 is 0 Å². The molecular weight excluding hydrogens is 311 g/mol. The highest BCUT2D eigenvalue weighted by Gasteiger charge is 2.41. The van der Waals surface area contributed by atoms with E-state index in [1.807, 2.05) is 0 Å². The van der Waals surface area contributed by atoms with Crippen LogP contribution in [-0.4, -0.2) is 12.5 Å². The van der Waals surface area contributed by atoms with E-state index in [-0.39, 0.29) is 11.6 Å². The summed E-state index contributed by atoms with van der Waals surface area (Å²) < 4.78 is 13.6. The number of hydrogen-bond acceptors (Lipinski definition) is 2. The SMILES string of the molecule is CCCC1(CNC(=O)c2cc(N)c(F)cc2Br)CC1. The monoisotopic (exact) mass is 328 g/mol. The number of benzene rings is 1. The highest BCUT2D eigenvalue weighted by atomic mass is 79.9. The van der Waals surface area contributed by atoms with E-state index in [0.29, 0.717) is 22.0 Å². The van der Waals surface area contributed by atoms with Crippen LogP contribution in [0.15, 0.2) is 16.6 Å². The number of rotatable bonds is 5. The molecule has 0 heterocycles. The van der Waals surface area contributed by atoms with Gasteiger partial charge < -0.3 is 11.1 Å². The Morgan fingerprint density at radius 2 is 2.21 bits per heavy atom. The van der Waals surface area contributed by atoms with Crippen molar-refractivity contribution in [2.45, 2.75) is 32.6 Å². The Morgan fingerprint density at radius 3 is 2.79 bits per heavy atom. The van der Waals surface area contributed by atoms with Crippen molar-refractivity contribution in [2.75, 3.05) is 12.3 Å². The summed E-state index contributed by atoms with van der Waals surface area (Å²) in [5, 5.41) is 2.93. The van der Waals surface area contributed by atoms with Crippen LogP contribution in [0, 0.1) is 11.2 Å². The fourth-order valence-electron chi connectivity index (χ4n) is 2.33. The summed E-state index contributed by atoms with van der Waals surface area (Å²) in [7, 11) is 0. The predicted octanol–water partition coefficient (Wildman–Crippen LogP) is 3.48. The van der Waals surface area contributed by atoms with Crippen LogP contribution in [0.3, 0.4) is 0 Å². The minimum absolute atomic E-state index is 0.0111. The zero-order valence-electron chi connectivity index (χ0n) is 10.9. The minimum Gasteiger partial charge on any atom is -0.396 e. The van der Waals surface area contributed by atoms with Gasteiger partial charge in [-0.2, -0.15) is 0 Å². The van der Waals surface area contributed by atoms with Crippen molar-refractivity contribution in [2.24, 2.45) is 5.41 Å². The van der Waals surface area contributed by atoms with Gasteiger partial charge in [-0.15, -0.1) is 0 Å². The van der Waals surface area contributed by atoms with Gasteiger partial charge in [0.2, 0.25) is 0 Å².